The maximum Gasteiger partial charge on any atom is 0.284 e. The number of halogens is 1. The summed E-state index contributed by atoms with van der Waals surface area (Å²) < 4.78 is 29.6. The molecule has 3 aromatic rings. The summed E-state index contributed by atoms with van der Waals surface area (Å²) in [5.74, 6) is -0.803. The second kappa shape index (κ2) is 9.78. The van der Waals surface area contributed by atoms with Gasteiger partial charge in [-0.1, -0.05) is 59.8 Å². The molecule has 0 spiro atoms. The first-order chi connectivity index (χ1) is 15.8. The number of nitrogens with one attached hydrogen (secondary N) is 1. The second-order valence-corrected chi connectivity index (χ2v) is 10.2. The van der Waals surface area contributed by atoms with Gasteiger partial charge < -0.3 is 5.32 Å². The Morgan fingerprint density at radius 3 is 2.21 bits per heavy atom. The van der Waals surface area contributed by atoms with Gasteiger partial charge >= 0.3 is 0 Å². The smallest absolute Gasteiger partial charge is 0.284 e. The quantitative estimate of drug-likeness (QED) is 0.536. The topological polar surface area (TPSA) is 95.9 Å². The molecule has 0 aliphatic carbocycles. The number of hydrogen-bond acceptors (Lipinski definition) is 5. The fourth-order valence-corrected chi connectivity index (χ4v) is 5.62. The molecule has 33 heavy (non-hydrogen) atoms. The molecular formula is C23H18ClN3O4S2. The van der Waals surface area contributed by atoms with Crippen LogP contribution in [0.25, 0.3) is 0 Å². The molecule has 0 radical (unpaired) electrons. The summed E-state index contributed by atoms with van der Waals surface area (Å²) in [5, 5.41) is 2.42. The van der Waals surface area contributed by atoms with Crippen molar-refractivity contribution in [1.82, 2.24) is 0 Å². The van der Waals surface area contributed by atoms with Gasteiger partial charge in [-0.25, -0.2) is 0 Å². The molecule has 0 unspecified atom stereocenters. The molecule has 1 saturated heterocycles. The number of rotatable bonds is 6. The molecule has 168 valence electrons. The van der Waals surface area contributed by atoms with Gasteiger partial charge in [-0.05, 0) is 48.5 Å². The summed E-state index contributed by atoms with van der Waals surface area (Å²) in [6, 6.07) is 23.0. The molecule has 10 heteroatoms. The molecule has 7 nitrogen and oxygen atoms in total. The zero-order valence-electron chi connectivity index (χ0n) is 17.1. The average molecular weight is 500 g/mol. The van der Waals surface area contributed by atoms with E-state index in [0.717, 1.165) is 11.8 Å². The maximum absolute atomic E-state index is 13.2. The Balaban J connectivity index is 1.61. The Morgan fingerprint density at radius 1 is 0.970 bits per heavy atom. The summed E-state index contributed by atoms with van der Waals surface area (Å²) in [7, 11) is -4.05. The van der Waals surface area contributed by atoms with E-state index in [1.807, 2.05) is 0 Å². The Kier molecular flexibility index (Phi) is 6.83. The molecule has 1 N–H and O–H groups in total. The van der Waals surface area contributed by atoms with Crippen LogP contribution in [0.5, 0.6) is 0 Å². The minimum atomic E-state index is -4.05. The van der Waals surface area contributed by atoms with Crippen LogP contribution in [-0.4, -0.2) is 30.6 Å². The third kappa shape index (κ3) is 5.44. The molecule has 1 fully saturated rings. The van der Waals surface area contributed by atoms with E-state index in [0.29, 0.717) is 16.4 Å². The maximum atomic E-state index is 13.2. The van der Waals surface area contributed by atoms with E-state index in [1.54, 1.807) is 72.8 Å². The van der Waals surface area contributed by atoms with Crippen molar-refractivity contribution in [2.75, 3.05) is 10.2 Å². The lowest BCUT2D eigenvalue weighted by atomic mass is 10.2. The summed E-state index contributed by atoms with van der Waals surface area (Å²) >= 11 is 6.81. The second-order valence-electron chi connectivity index (χ2n) is 7.04. The molecule has 4 rings (SSSR count). The molecule has 2 amide bonds. The van der Waals surface area contributed by atoms with E-state index in [1.165, 1.54) is 17.0 Å². The van der Waals surface area contributed by atoms with Gasteiger partial charge in [0.25, 0.3) is 10.0 Å². The molecule has 0 aromatic heterocycles. The van der Waals surface area contributed by atoms with Crippen LogP contribution in [0, 0.1) is 0 Å². The number of anilines is 2. The molecule has 1 aliphatic heterocycles. The van der Waals surface area contributed by atoms with E-state index in [4.69, 9.17) is 11.6 Å². The van der Waals surface area contributed by atoms with Crippen LogP contribution < -0.4 is 10.2 Å². The Bertz CT molecular complexity index is 1300. The van der Waals surface area contributed by atoms with Crippen LogP contribution in [0.4, 0.5) is 11.4 Å². The molecule has 1 heterocycles. The molecule has 1 atom stereocenters. The number of carbonyl (C=O) groups excluding carboxylic acids is 2. The first kappa shape index (κ1) is 23.0. The molecule has 1 aliphatic rings. The molecular weight excluding hydrogens is 482 g/mol. The highest BCUT2D eigenvalue weighted by Crippen LogP contribution is 2.35. The van der Waals surface area contributed by atoms with E-state index >= 15 is 0 Å². The number of benzene rings is 3. The van der Waals surface area contributed by atoms with Crippen LogP contribution in [-0.2, 0) is 19.6 Å². The van der Waals surface area contributed by atoms with Crippen molar-refractivity contribution in [2.45, 2.75) is 16.6 Å². The monoisotopic (exact) mass is 499 g/mol. The summed E-state index contributed by atoms with van der Waals surface area (Å²) in [6.07, 6.45) is -0.153. The number of thioether (sulfide) groups is 1. The average Bonchev–Trinajstić information content (AvgIpc) is 3.10. The van der Waals surface area contributed by atoms with Crippen molar-refractivity contribution in [3.63, 3.8) is 0 Å². The van der Waals surface area contributed by atoms with Gasteiger partial charge in [0.2, 0.25) is 11.8 Å². The number of amides is 2. The minimum absolute atomic E-state index is 0.000606. The zero-order chi connectivity index (χ0) is 23.4. The summed E-state index contributed by atoms with van der Waals surface area (Å²) in [4.78, 5) is 27.0. The third-order valence-electron chi connectivity index (χ3n) is 4.69. The zero-order valence-corrected chi connectivity index (χ0v) is 19.5. The van der Waals surface area contributed by atoms with Crippen LogP contribution >= 0.6 is 23.4 Å². The van der Waals surface area contributed by atoms with Crippen LogP contribution in [0.15, 0.2) is 94.2 Å². The highest BCUT2D eigenvalue weighted by molar-refractivity contribution is 8.16. The highest BCUT2D eigenvalue weighted by Gasteiger charge is 2.41. The van der Waals surface area contributed by atoms with Crippen molar-refractivity contribution in [2.24, 2.45) is 4.40 Å². The number of sulfonamides is 1. The lowest BCUT2D eigenvalue weighted by molar-refractivity contribution is -0.121. The predicted octanol–water partition coefficient (Wildman–Crippen LogP) is 4.56. The predicted molar refractivity (Wildman–Crippen MR) is 131 cm³/mol. The van der Waals surface area contributed by atoms with Gasteiger partial charge in [0, 0.05) is 17.1 Å². The van der Waals surface area contributed by atoms with Crippen molar-refractivity contribution in [3.8, 4) is 0 Å². The highest BCUT2D eigenvalue weighted by atomic mass is 35.5. The number of hydrogen-bond donors (Lipinski definition) is 1. The number of para-hydroxylation sites is 1. The number of amidine groups is 1. The van der Waals surface area contributed by atoms with Gasteiger partial charge in [-0.3, -0.25) is 14.5 Å². The van der Waals surface area contributed by atoms with Gasteiger partial charge in [-0.15, -0.1) is 4.40 Å². The molecule has 0 bridgehead atoms. The lowest BCUT2D eigenvalue weighted by Crippen LogP contribution is -2.33. The Labute approximate surface area is 200 Å². The fourth-order valence-electron chi connectivity index (χ4n) is 3.14. The Morgan fingerprint density at radius 2 is 1.58 bits per heavy atom. The van der Waals surface area contributed by atoms with Gasteiger partial charge in [0.1, 0.15) is 5.25 Å². The van der Waals surface area contributed by atoms with Crippen LogP contribution in [0.3, 0.4) is 0 Å². The third-order valence-corrected chi connectivity index (χ3v) is 7.47. The molecule has 0 saturated carbocycles. The van der Waals surface area contributed by atoms with E-state index in [2.05, 4.69) is 9.71 Å². The molecule has 3 aromatic carbocycles. The van der Waals surface area contributed by atoms with E-state index in [9.17, 15) is 18.0 Å². The van der Waals surface area contributed by atoms with Crippen molar-refractivity contribution >= 4 is 61.7 Å². The first-order valence-electron chi connectivity index (χ1n) is 9.84. The lowest BCUT2D eigenvalue weighted by Gasteiger charge is -2.16. The van der Waals surface area contributed by atoms with Crippen molar-refractivity contribution in [3.05, 3.63) is 90.0 Å². The Hall–Kier alpha value is -3.14. The summed E-state index contributed by atoms with van der Waals surface area (Å²) in [5.41, 5.74) is 1.01. The van der Waals surface area contributed by atoms with Crippen LogP contribution in [0.1, 0.15) is 6.42 Å². The van der Waals surface area contributed by atoms with Gasteiger partial charge in [-0.2, -0.15) is 8.42 Å². The first-order valence-corrected chi connectivity index (χ1v) is 12.5. The minimum Gasteiger partial charge on any atom is -0.326 e. The number of nitrogens with zero attached hydrogens (tertiary/aromatic N) is 2. The number of carbonyl (C=O) groups is 2. The SMILES string of the molecule is O=C(C[C@@H]1SC(=NS(=O)(=O)c2ccccc2)N(c2ccccc2)C1=O)Nc1ccc(Cl)cc1. The standard InChI is InChI=1S/C23H18ClN3O4S2/c24-16-11-13-17(14-12-16)25-21(28)15-20-22(29)27(18-7-3-1-4-8-18)23(32-20)26-33(30,31)19-9-5-2-6-10-19/h1-14,20H,15H2,(H,25,28)/t20-/m0/s1. The van der Waals surface area contributed by atoms with Gasteiger partial charge in [0.15, 0.2) is 5.17 Å². The van der Waals surface area contributed by atoms with Crippen molar-refractivity contribution in [1.29, 1.82) is 0 Å². The van der Waals surface area contributed by atoms with E-state index < -0.39 is 21.2 Å². The van der Waals surface area contributed by atoms with Crippen molar-refractivity contribution < 1.29 is 18.0 Å². The van der Waals surface area contributed by atoms with Crippen LogP contribution in [0.2, 0.25) is 5.02 Å². The van der Waals surface area contributed by atoms with E-state index in [-0.39, 0.29) is 22.4 Å². The largest absolute Gasteiger partial charge is 0.326 e. The summed E-state index contributed by atoms with van der Waals surface area (Å²) in [6.45, 7) is 0. The fraction of sp³-hybridized carbons (Fsp3) is 0.0870. The van der Waals surface area contributed by atoms with Gasteiger partial charge in [0.05, 0.1) is 10.6 Å². The normalized spacial score (nSPS) is 17.4.